The summed E-state index contributed by atoms with van der Waals surface area (Å²) in [6.07, 6.45) is 9.97. The minimum atomic E-state index is -0.431. The smallest absolute Gasteiger partial charge is 0.173 e. The number of halogens is 1. The van der Waals surface area contributed by atoms with Crippen LogP contribution in [0.2, 0.25) is 0 Å². The van der Waals surface area contributed by atoms with Crippen molar-refractivity contribution in [3.05, 3.63) is 60.0 Å². The molecular weight excluding hydrogens is 291 g/mol. The molecule has 0 bridgehead atoms. The fourth-order valence-electron chi connectivity index (χ4n) is 3.69. The third kappa shape index (κ3) is 1.96. The molecule has 23 heavy (non-hydrogen) atoms. The van der Waals surface area contributed by atoms with Gasteiger partial charge in [-0.05, 0) is 37.1 Å². The van der Waals surface area contributed by atoms with E-state index in [1.165, 1.54) is 11.6 Å². The van der Waals surface area contributed by atoms with Gasteiger partial charge in [0.15, 0.2) is 6.17 Å². The molecule has 4 nitrogen and oxygen atoms in total. The van der Waals surface area contributed by atoms with E-state index in [1.54, 1.807) is 6.08 Å². The van der Waals surface area contributed by atoms with Crippen LogP contribution >= 0.6 is 0 Å². The lowest BCUT2D eigenvalue weighted by molar-refractivity contribution is 0.329. The molecule has 0 amide bonds. The van der Waals surface area contributed by atoms with Gasteiger partial charge in [0.1, 0.15) is 11.5 Å². The molecule has 2 aromatic heterocycles. The zero-order valence-electron chi connectivity index (χ0n) is 12.9. The molecule has 4 heterocycles. The number of fused-ring (bicyclic) bond motifs is 2. The Kier molecular flexibility index (Phi) is 2.57. The Morgan fingerprint density at radius 2 is 2.22 bits per heavy atom. The molecule has 116 valence electrons. The average molecular weight is 308 g/mol. The summed E-state index contributed by atoms with van der Waals surface area (Å²) in [5.41, 5.74) is 4.45. The molecule has 0 saturated heterocycles. The number of aliphatic imine (C=N–C) groups is 1. The second kappa shape index (κ2) is 4.54. The zero-order valence-corrected chi connectivity index (χ0v) is 12.9. The van der Waals surface area contributed by atoms with E-state index in [-0.39, 0.29) is 5.83 Å². The molecule has 3 aliphatic rings. The summed E-state index contributed by atoms with van der Waals surface area (Å²) in [5, 5.41) is 0. The fraction of sp³-hybridized carbons (Fsp3) is 0.333. The van der Waals surface area contributed by atoms with Gasteiger partial charge in [-0.1, -0.05) is 6.07 Å². The van der Waals surface area contributed by atoms with Crippen molar-refractivity contribution in [1.29, 1.82) is 0 Å². The first-order valence-corrected chi connectivity index (χ1v) is 8.01. The summed E-state index contributed by atoms with van der Waals surface area (Å²) >= 11 is 0. The molecule has 5 heteroatoms. The molecule has 0 radical (unpaired) electrons. The van der Waals surface area contributed by atoms with Crippen LogP contribution in [0.15, 0.2) is 53.7 Å². The summed E-state index contributed by atoms with van der Waals surface area (Å²) < 4.78 is 15.9. The molecule has 0 spiro atoms. The molecular formula is C18H17FN4. The van der Waals surface area contributed by atoms with E-state index in [4.69, 9.17) is 4.98 Å². The van der Waals surface area contributed by atoms with Crippen molar-refractivity contribution < 1.29 is 4.39 Å². The van der Waals surface area contributed by atoms with Gasteiger partial charge in [0, 0.05) is 36.1 Å². The van der Waals surface area contributed by atoms with Crippen molar-refractivity contribution in [2.75, 3.05) is 6.54 Å². The van der Waals surface area contributed by atoms with Crippen molar-refractivity contribution in [2.24, 2.45) is 10.9 Å². The quantitative estimate of drug-likeness (QED) is 0.853. The Bertz CT molecular complexity index is 892. The predicted octanol–water partition coefficient (Wildman–Crippen LogP) is 3.21. The summed E-state index contributed by atoms with van der Waals surface area (Å²) in [4.78, 5) is 11.4. The van der Waals surface area contributed by atoms with Crippen molar-refractivity contribution in [3.8, 4) is 0 Å². The molecule has 1 fully saturated rings. The van der Waals surface area contributed by atoms with E-state index in [1.807, 2.05) is 23.4 Å². The number of hydrogen-bond donors (Lipinski definition) is 0. The van der Waals surface area contributed by atoms with Gasteiger partial charge in [0.25, 0.3) is 0 Å². The molecule has 5 rings (SSSR count). The number of imidazole rings is 1. The highest BCUT2D eigenvalue weighted by Gasteiger charge is 2.46. The molecule has 2 aromatic rings. The summed E-state index contributed by atoms with van der Waals surface area (Å²) in [6, 6.07) is 4.12. The van der Waals surface area contributed by atoms with Crippen LogP contribution in [-0.4, -0.2) is 32.7 Å². The van der Waals surface area contributed by atoms with Gasteiger partial charge in [0.2, 0.25) is 0 Å². The van der Waals surface area contributed by atoms with Gasteiger partial charge < -0.3 is 9.30 Å². The van der Waals surface area contributed by atoms with Crippen LogP contribution in [0, 0.1) is 12.8 Å². The van der Waals surface area contributed by atoms with E-state index in [0.717, 1.165) is 30.0 Å². The van der Waals surface area contributed by atoms with Crippen LogP contribution in [0.25, 0.3) is 5.65 Å². The van der Waals surface area contributed by atoms with E-state index in [2.05, 4.69) is 28.6 Å². The van der Waals surface area contributed by atoms with Crippen LogP contribution < -0.4 is 0 Å². The second-order valence-corrected chi connectivity index (χ2v) is 6.60. The Morgan fingerprint density at radius 1 is 1.30 bits per heavy atom. The molecule has 3 atom stereocenters. The first-order chi connectivity index (χ1) is 11.2. The van der Waals surface area contributed by atoms with Gasteiger partial charge in [0.05, 0.1) is 12.2 Å². The van der Waals surface area contributed by atoms with E-state index >= 15 is 0 Å². The maximum Gasteiger partial charge on any atom is 0.173 e. The molecule has 2 aliphatic heterocycles. The van der Waals surface area contributed by atoms with Crippen LogP contribution in [0.1, 0.15) is 23.6 Å². The lowest BCUT2D eigenvalue weighted by Crippen LogP contribution is -2.28. The van der Waals surface area contributed by atoms with E-state index in [0.29, 0.717) is 11.8 Å². The van der Waals surface area contributed by atoms with Gasteiger partial charge >= 0.3 is 0 Å². The third-order valence-electron chi connectivity index (χ3n) is 5.02. The Labute approximate surface area is 133 Å². The Hall–Kier alpha value is -2.43. The summed E-state index contributed by atoms with van der Waals surface area (Å²) in [5.74, 6) is 0.667. The zero-order chi connectivity index (χ0) is 15.6. The molecule has 1 aliphatic carbocycles. The highest BCUT2D eigenvalue weighted by Crippen LogP contribution is 2.49. The molecule has 0 N–H and O–H groups in total. The highest BCUT2D eigenvalue weighted by molar-refractivity contribution is 5.93. The normalized spacial score (nSPS) is 28.8. The third-order valence-corrected chi connectivity index (χ3v) is 5.02. The number of pyridine rings is 1. The number of aromatic nitrogens is 2. The maximum atomic E-state index is 13.8. The van der Waals surface area contributed by atoms with Crippen LogP contribution in [0.5, 0.6) is 0 Å². The first kappa shape index (κ1) is 13.0. The van der Waals surface area contributed by atoms with Crippen LogP contribution in [0.3, 0.4) is 0 Å². The van der Waals surface area contributed by atoms with E-state index in [9.17, 15) is 4.39 Å². The lowest BCUT2D eigenvalue weighted by atomic mass is 10.2. The standard InChI is InChI=1S/C18H17FN4/c1-11-4-2-6-22-9-15(20-17(11)22)12-8-13(12)16-10-23-7-3-5-14(19)18(23)21-16/h2-7,9,12-13,18H,8,10H2,1H3. The monoisotopic (exact) mass is 308 g/mol. The highest BCUT2D eigenvalue weighted by atomic mass is 19.1. The van der Waals surface area contributed by atoms with Gasteiger partial charge in [-0.15, -0.1) is 0 Å². The van der Waals surface area contributed by atoms with Crippen LogP contribution in [-0.2, 0) is 0 Å². The predicted molar refractivity (Wildman–Crippen MR) is 87.0 cm³/mol. The largest absolute Gasteiger partial charge is 0.345 e. The minimum absolute atomic E-state index is 0.164. The number of allylic oxidation sites excluding steroid dienone is 2. The number of rotatable bonds is 2. The van der Waals surface area contributed by atoms with Gasteiger partial charge in [-0.3, -0.25) is 4.99 Å². The molecule has 0 aromatic carbocycles. The molecule has 3 unspecified atom stereocenters. The van der Waals surface area contributed by atoms with Crippen molar-refractivity contribution in [3.63, 3.8) is 0 Å². The van der Waals surface area contributed by atoms with Crippen molar-refractivity contribution >= 4 is 11.4 Å². The SMILES string of the molecule is Cc1cccn2cc(C3CC3C3=NC4C(F)=CC=CN4C3)nc12. The van der Waals surface area contributed by atoms with Crippen LogP contribution in [0.4, 0.5) is 4.39 Å². The topological polar surface area (TPSA) is 32.9 Å². The maximum absolute atomic E-state index is 13.8. The first-order valence-electron chi connectivity index (χ1n) is 8.01. The van der Waals surface area contributed by atoms with Gasteiger partial charge in [-0.25, -0.2) is 9.37 Å². The Balaban J connectivity index is 1.41. The van der Waals surface area contributed by atoms with Gasteiger partial charge in [-0.2, -0.15) is 0 Å². The summed E-state index contributed by atoms with van der Waals surface area (Å²) in [7, 11) is 0. The van der Waals surface area contributed by atoms with Crippen molar-refractivity contribution in [2.45, 2.75) is 25.4 Å². The fourth-order valence-corrected chi connectivity index (χ4v) is 3.69. The summed E-state index contributed by atoms with van der Waals surface area (Å²) in [6.45, 7) is 2.81. The second-order valence-electron chi connectivity index (χ2n) is 6.60. The lowest BCUT2D eigenvalue weighted by Gasteiger charge is -2.21. The Morgan fingerprint density at radius 3 is 3.04 bits per heavy atom. The number of nitrogens with zero attached hydrogens (tertiary/aromatic N) is 4. The number of aryl methyl sites for hydroxylation is 1. The average Bonchev–Trinajstić information content (AvgIpc) is 3.02. The number of hydrogen-bond acceptors (Lipinski definition) is 3. The molecule has 1 saturated carbocycles. The minimum Gasteiger partial charge on any atom is -0.345 e. The van der Waals surface area contributed by atoms with E-state index < -0.39 is 6.17 Å². The van der Waals surface area contributed by atoms with Crippen molar-refractivity contribution in [1.82, 2.24) is 14.3 Å².